The fraction of sp³-hybridized carbons (Fsp3) is 1.00. The molecule has 0 aromatic heterocycles. The van der Waals surface area contributed by atoms with Crippen LogP contribution in [-0.4, -0.2) is 63.9 Å². The fourth-order valence-corrected chi connectivity index (χ4v) is 2.98. The fourth-order valence-electron chi connectivity index (χ4n) is 1.98. The van der Waals surface area contributed by atoms with Gasteiger partial charge in [-0.2, -0.15) is 12.7 Å². The second kappa shape index (κ2) is 6.65. The molecule has 0 amide bonds. The molecular formula is C10H24N4O2S. The molecule has 1 saturated heterocycles. The molecule has 0 spiro atoms. The van der Waals surface area contributed by atoms with Gasteiger partial charge in [-0.25, -0.2) is 4.72 Å². The largest absolute Gasteiger partial charge is 0.330 e. The third-order valence-electron chi connectivity index (χ3n) is 3.26. The van der Waals surface area contributed by atoms with Gasteiger partial charge >= 0.3 is 0 Å². The van der Waals surface area contributed by atoms with E-state index in [4.69, 9.17) is 5.73 Å². The summed E-state index contributed by atoms with van der Waals surface area (Å²) in [6, 6.07) is 0.327. The first-order valence-electron chi connectivity index (χ1n) is 6.08. The molecule has 3 N–H and O–H groups in total. The summed E-state index contributed by atoms with van der Waals surface area (Å²) in [5.41, 5.74) is 5.36. The summed E-state index contributed by atoms with van der Waals surface area (Å²) in [7, 11) is 0.269. The van der Waals surface area contributed by atoms with Gasteiger partial charge in [-0.05, 0) is 39.4 Å². The average molecular weight is 264 g/mol. The van der Waals surface area contributed by atoms with Crippen molar-refractivity contribution < 1.29 is 8.42 Å². The van der Waals surface area contributed by atoms with Crippen molar-refractivity contribution in [3.8, 4) is 0 Å². The molecule has 1 atom stereocenters. The van der Waals surface area contributed by atoms with E-state index in [-0.39, 0.29) is 0 Å². The minimum Gasteiger partial charge on any atom is -0.330 e. The molecule has 0 aliphatic carbocycles. The number of nitrogens with two attached hydrogens (primary N) is 1. The maximum Gasteiger partial charge on any atom is 0.279 e. The Morgan fingerprint density at radius 3 is 2.76 bits per heavy atom. The topological polar surface area (TPSA) is 78.7 Å². The Labute approximate surface area is 104 Å². The Morgan fingerprint density at radius 2 is 2.24 bits per heavy atom. The molecule has 1 aliphatic heterocycles. The lowest BCUT2D eigenvalue weighted by atomic mass is 10.2. The van der Waals surface area contributed by atoms with Crippen LogP contribution in [-0.2, 0) is 10.2 Å². The summed E-state index contributed by atoms with van der Waals surface area (Å²) in [5, 5.41) is 0. The first-order chi connectivity index (χ1) is 7.97. The minimum absolute atomic E-state index is 0.327. The summed E-state index contributed by atoms with van der Waals surface area (Å²) in [6.45, 7) is 2.51. The summed E-state index contributed by atoms with van der Waals surface area (Å²) >= 11 is 0. The Balaban J connectivity index is 2.38. The van der Waals surface area contributed by atoms with Gasteiger partial charge in [0.25, 0.3) is 10.2 Å². The zero-order valence-corrected chi connectivity index (χ0v) is 11.5. The van der Waals surface area contributed by atoms with Crippen LogP contribution < -0.4 is 10.5 Å². The molecule has 102 valence electrons. The highest BCUT2D eigenvalue weighted by Crippen LogP contribution is 2.13. The summed E-state index contributed by atoms with van der Waals surface area (Å²) < 4.78 is 27.7. The zero-order valence-electron chi connectivity index (χ0n) is 10.7. The van der Waals surface area contributed by atoms with Gasteiger partial charge in [0.15, 0.2) is 0 Å². The van der Waals surface area contributed by atoms with Crippen molar-refractivity contribution in [2.75, 3.05) is 40.3 Å². The van der Waals surface area contributed by atoms with Crippen LogP contribution in [0.25, 0.3) is 0 Å². The van der Waals surface area contributed by atoms with Crippen molar-refractivity contribution in [3.05, 3.63) is 0 Å². The van der Waals surface area contributed by atoms with Crippen LogP contribution in [0.2, 0.25) is 0 Å². The van der Waals surface area contributed by atoms with Crippen LogP contribution in [0.3, 0.4) is 0 Å². The lowest BCUT2D eigenvalue weighted by Gasteiger charge is -2.22. The van der Waals surface area contributed by atoms with Crippen molar-refractivity contribution >= 4 is 10.2 Å². The van der Waals surface area contributed by atoms with E-state index < -0.39 is 10.2 Å². The molecule has 1 unspecified atom stereocenters. The number of likely N-dealkylation sites (N-methyl/N-ethyl adjacent to an activating group) is 1. The van der Waals surface area contributed by atoms with Crippen LogP contribution in [0.5, 0.6) is 0 Å². The number of rotatable bonds is 7. The SMILES string of the molecule is CN1CCCC1CNS(=O)(=O)N(C)CCCN. The second-order valence-corrected chi connectivity index (χ2v) is 6.46. The monoisotopic (exact) mass is 264 g/mol. The van der Waals surface area contributed by atoms with Crippen molar-refractivity contribution in [1.82, 2.24) is 13.9 Å². The minimum atomic E-state index is -3.34. The Hall–Kier alpha value is -0.210. The molecule has 0 aromatic rings. The number of nitrogens with one attached hydrogen (secondary N) is 1. The normalized spacial score (nSPS) is 22.5. The van der Waals surface area contributed by atoms with Crippen LogP contribution in [0.15, 0.2) is 0 Å². The summed E-state index contributed by atoms with van der Waals surface area (Å²) in [4.78, 5) is 2.20. The molecule has 17 heavy (non-hydrogen) atoms. The molecule has 1 aliphatic rings. The second-order valence-electron chi connectivity index (χ2n) is 4.59. The van der Waals surface area contributed by atoms with Crippen molar-refractivity contribution in [1.29, 1.82) is 0 Å². The van der Waals surface area contributed by atoms with E-state index in [1.807, 2.05) is 7.05 Å². The van der Waals surface area contributed by atoms with Gasteiger partial charge in [0.1, 0.15) is 0 Å². The van der Waals surface area contributed by atoms with Crippen molar-refractivity contribution in [3.63, 3.8) is 0 Å². The highest BCUT2D eigenvalue weighted by atomic mass is 32.2. The summed E-state index contributed by atoms with van der Waals surface area (Å²) in [6.07, 6.45) is 2.89. The molecule has 0 radical (unpaired) electrons. The quantitative estimate of drug-likeness (QED) is 0.631. The Kier molecular flexibility index (Phi) is 5.81. The first kappa shape index (κ1) is 14.8. The number of hydrogen-bond donors (Lipinski definition) is 2. The van der Waals surface area contributed by atoms with E-state index in [2.05, 4.69) is 9.62 Å². The molecule has 0 aromatic carbocycles. The molecule has 0 saturated carbocycles. The molecular weight excluding hydrogens is 240 g/mol. The lowest BCUT2D eigenvalue weighted by molar-refractivity contribution is 0.308. The number of hydrogen-bond acceptors (Lipinski definition) is 4. The summed E-state index contributed by atoms with van der Waals surface area (Å²) in [5.74, 6) is 0. The van der Waals surface area contributed by atoms with Gasteiger partial charge in [-0.3, -0.25) is 0 Å². The molecule has 0 bridgehead atoms. The van der Waals surface area contributed by atoms with E-state index in [1.54, 1.807) is 7.05 Å². The Bertz CT molecular complexity index is 320. The number of likely N-dealkylation sites (tertiary alicyclic amines) is 1. The van der Waals surface area contributed by atoms with Crippen LogP contribution >= 0.6 is 0 Å². The van der Waals surface area contributed by atoms with Gasteiger partial charge in [0.05, 0.1) is 0 Å². The predicted molar refractivity (Wildman–Crippen MR) is 68.9 cm³/mol. The Morgan fingerprint density at radius 1 is 1.53 bits per heavy atom. The van der Waals surface area contributed by atoms with E-state index >= 15 is 0 Å². The first-order valence-corrected chi connectivity index (χ1v) is 7.52. The van der Waals surface area contributed by atoms with Crippen LogP contribution in [0.1, 0.15) is 19.3 Å². The standard InChI is InChI=1S/C10H24N4O2S/c1-13-7-3-5-10(13)9-12-17(15,16)14(2)8-4-6-11/h10,12H,3-9,11H2,1-2H3. The molecule has 1 heterocycles. The third-order valence-corrected chi connectivity index (χ3v) is 4.80. The van der Waals surface area contributed by atoms with Gasteiger partial charge < -0.3 is 10.6 Å². The maximum absolute atomic E-state index is 11.9. The average Bonchev–Trinajstić information content (AvgIpc) is 2.69. The molecule has 1 rings (SSSR count). The van der Waals surface area contributed by atoms with Gasteiger partial charge in [-0.1, -0.05) is 0 Å². The maximum atomic E-state index is 11.9. The highest BCUT2D eigenvalue weighted by Gasteiger charge is 2.24. The third kappa shape index (κ3) is 4.51. The molecule has 1 fully saturated rings. The van der Waals surface area contributed by atoms with Gasteiger partial charge in [0, 0.05) is 26.2 Å². The predicted octanol–water partition coefficient (Wildman–Crippen LogP) is -0.804. The van der Waals surface area contributed by atoms with E-state index in [0.29, 0.717) is 32.1 Å². The molecule has 6 nitrogen and oxygen atoms in total. The molecule has 7 heteroatoms. The van der Waals surface area contributed by atoms with E-state index in [9.17, 15) is 8.42 Å². The number of nitrogens with zero attached hydrogens (tertiary/aromatic N) is 2. The van der Waals surface area contributed by atoms with Crippen LogP contribution in [0.4, 0.5) is 0 Å². The smallest absolute Gasteiger partial charge is 0.279 e. The van der Waals surface area contributed by atoms with E-state index in [1.165, 1.54) is 4.31 Å². The van der Waals surface area contributed by atoms with Crippen molar-refractivity contribution in [2.45, 2.75) is 25.3 Å². The highest BCUT2D eigenvalue weighted by molar-refractivity contribution is 7.87. The van der Waals surface area contributed by atoms with Gasteiger partial charge in [0.2, 0.25) is 0 Å². The van der Waals surface area contributed by atoms with Crippen molar-refractivity contribution in [2.24, 2.45) is 5.73 Å². The zero-order chi connectivity index (χ0) is 12.9. The van der Waals surface area contributed by atoms with E-state index in [0.717, 1.165) is 19.4 Å². The van der Waals surface area contributed by atoms with Gasteiger partial charge in [-0.15, -0.1) is 0 Å². The van der Waals surface area contributed by atoms with Crippen LogP contribution in [0, 0.1) is 0 Å². The lowest BCUT2D eigenvalue weighted by Crippen LogP contribution is -2.44.